The predicted molar refractivity (Wildman–Crippen MR) is 78.8 cm³/mol. The number of rotatable bonds is 7. The van der Waals surface area contributed by atoms with Crippen molar-refractivity contribution < 1.29 is 13.2 Å². The molecule has 0 saturated carbocycles. The number of nitrogens with one attached hydrogen (secondary N) is 1. The zero-order chi connectivity index (χ0) is 15.3. The summed E-state index contributed by atoms with van der Waals surface area (Å²) in [5.41, 5.74) is 11.4. The van der Waals surface area contributed by atoms with E-state index in [1.807, 2.05) is 0 Å². The number of nitrogens with two attached hydrogens (primary N) is 2. The number of unbranched alkanes of at least 4 members (excludes halogenated alkanes) is 1. The second kappa shape index (κ2) is 6.92. The Morgan fingerprint density at radius 3 is 2.60 bits per heavy atom. The Kier molecular flexibility index (Phi) is 5.79. The van der Waals surface area contributed by atoms with Crippen molar-refractivity contribution in [1.82, 2.24) is 4.72 Å². The minimum absolute atomic E-state index is 0.106. The molecule has 5 N–H and O–H groups in total. The van der Waals surface area contributed by atoms with Crippen molar-refractivity contribution in [1.29, 1.82) is 0 Å². The van der Waals surface area contributed by atoms with Crippen LogP contribution in [0.3, 0.4) is 0 Å². The third kappa shape index (κ3) is 4.66. The van der Waals surface area contributed by atoms with Gasteiger partial charge in [-0.3, -0.25) is 4.79 Å². The summed E-state index contributed by atoms with van der Waals surface area (Å²) in [4.78, 5) is 10.7. The number of hydrogen-bond acceptors (Lipinski definition) is 4. The third-order valence-corrected chi connectivity index (χ3v) is 4.66. The van der Waals surface area contributed by atoms with E-state index in [2.05, 4.69) is 4.72 Å². The Balaban J connectivity index is 2.70. The fourth-order valence-electron chi connectivity index (χ4n) is 1.67. The highest BCUT2D eigenvalue weighted by Gasteiger charge is 2.17. The van der Waals surface area contributed by atoms with Crippen LogP contribution < -0.4 is 16.2 Å². The third-order valence-electron chi connectivity index (χ3n) is 2.73. The summed E-state index contributed by atoms with van der Waals surface area (Å²) < 4.78 is 26.7. The van der Waals surface area contributed by atoms with Gasteiger partial charge in [0.05, 0.1) is 15.6 Å². The molecule has 8 heteroatoms. The van der Waals surface area contributed by atoms with Crippen LogP contribution in [0.15, 0.2) is 17.0 Å². The van der Waals surface area contributed by atoms with Crippen LogP contribution in [-0.4, -0.2) is 20.9 Å². The lowest BCUT2D eigenvalue weighted by atomic mass is 10.2. The molecule has 0 aliphatic carbocycles. The summed E-state index contributed by atoms with van der Waals surface area (Å²) in [6, 6.07) is 2.85. The maximum absolute atomic E-state index is 12.1. The van der Waals surface area contributed by atoms with E-state index in [4.69, 9.17) is 23.1 Å². The topological polar surface area (TPSA) is 115 Å². The van der Waals surface area contributed by atoms with Gasteiger partial charge in [0.25, 0.3) is 0 Å². The zero-order valence-corrected chi connectivity index (χ0v) is 12.7. The molecule has 0 saturated heterocycles. The van der Waals surface area contributed by atoms with Gasteiger partial charge in [0.2, 0.25) is 15.9 Å². The van der Waals surface area contributed by atoms with E-state index >= 15 is 0 Å². The molecule has 0 radical (unpaired) electrons. The lowest BCUT2D eigenvalue weighted by Crippen LogP contribution is -2.26. The summed E-state index contributed by atoms with van der Waals surface area (Å²) in [6.45, 7) is 1.88. The molecule has 0 aromatic heterocycles. The Labute approximate surface area is 123 Å². The minimum atomic E-state index is -3.64. The number of nitrogen functional groups attached to an aromatic ring is 1. The first-order valence-corrected chi connectivity index (χ1v) is 7.93. The highest BCUT2D eigenvalue weighted by molar-refractivity contribution is 7.89. The molecule has 1 aromatic carbocycles. The van der Waals surface area contributed by atoms with Crippen LogP contribution in [0, 0.1) is 6.92 Å². The number of carbonyl (C=O) groups excluding carboxylic acids is 1. The molecule has 0 bridgehead atoms. The van der Waals surface area contributed by atoms with Crippen molar-refractivity contribution in [2.24, 2.45) is 5.73 Å². The van der Waals surface area contributed by atoms with Gasteiger partial charge in [-0.15, -0.1) is 0 Å². The van der Waals surface area contributed by atoms with E-state index in [1.54, 1.807) is 6.92 Å². The SMILES string of the molecule is Cc1cc(Cl)c(N)cc1S(=O)(=O)NCCCCC(N)=O. The number of halogens is 1. The van der Waals surface area contributed by atoms with Crippen molar-refractivity contribution in [2.75, 3.05) is 12.3 Å². The Bertz CT molecular complexity index is 602. The average Bonchev–Trinajstić information content (AvgIpc) is 2.32. The maximum atomic E-state index is 12.1. The number of carbonyl (C=O) groups is 1. The van der Waals surface area contributed by atoms with Crippen LogP contribution in [0.5, 0.6) is 0 Å². The number of amides is 1. The second-order valence-electron chi connectivity index (χ2n) is 4.46. The van der Waals surface area contributed by atoms with Gasteiger partial charge in [-0.05, 0) is 37.5 Å². The van der Waals surface area contributed by atoms with Gasteiger partial charge >= 0.3 is 0 Å². The molecule has 112 valence electrons. The Hall–Kier alpha value is -1.31. The van der Waals surface area contributed by atoms with Crippen molar-refractivity contribution >= 4 is 33.2 Å². The summed E-state index contributed by atoms with van der Waals surface area (Å²) in [5.74, 6) is -0.394. The van der Waals surface area contributed by atoms with Gasteiger partial charge in [0.1, 0.15) is 0 Å². The van der Waals surface area contributed by atoms with E-state index in [1.165, 1.54) is 12.1 Å². The molecule has 1 rings (SSSR count). The monoisotopic (exact) mass is 319 g/mol. The number of hydrogen-bond donors (Lipinski definition) is 3. The molecule has 0 aliphatic rings. The molecular weight excluding hydrogens is 302 g/mol. The Morgan fingerprint density at radius 2 is 2.00 bits per heavy atom. The highest BCUT2D eigenvalue weighted by Crippen LogP contribution is 2.26. The molecule has 0 aliphatic heterocycles. The smallest absolute Gasteiger partial charge is 0.240 e. The summed E-state index contributed by atoms with van der Waals surface area (Å²) in [7, 11) is -3.64. The van der Waals surface area contributed by atoms with E-state index in [0.29, 0.717) is 23.4 Å². The molecule has 0 spiro atoms. The minimum Gasteiger partial charge on any atom is -0.397 e. The van der Waals surface area contributed by atoms with Gasteiger partial charge in [-0.1, -0.05) is 11.6 Å². The van der Waals surface area contributed by atoms with Crippen LogP contribution in [0.25, 0.3) is 0 Å². The average molecular weight is 320 g/mol. The molecule has 0 unspecified atom stereocenters. The molecule has 0 atom stereocenters. The van der Waals surface area contributed by atoms with Crippen molar-refractivity contribution in [3.63, 3.8) is 0 Å². The molecular formula is C12H18ClN3O3S. The molecule has 1 aromatic rings. The molecule has 1 amide bonds. The molecule has 20 heavy (non-hydrogen) atoms. The van der Waals surface area contributed by atoms with Crippen molar-refractivity contribution in [3.05, 3.63) is 22.7 Å². The van der Waals surface area contributed by atoms with Gasteiger partial charge < -0.3 is 11.5 Å². The number of primary amides is 1. The first-order chi connectivity index (χ1) is 9.24. The van der Waals surface area contributed by atoms with E-state index in [-0.39, 0.29) is 23.5 Å². The summed E-state index contributed by atoms with van der Waals surface area (Å²) in [5, 5.41) is 0.322. The molecule has 0 heterocycles. The van der Waals surface area contributed by atoms with E-state index < -0.39 is 15.9 Å². The van der Waals surface area contributed by atoms with Gasteiger partial charge in [-0.2, -0.15) is 0 Å². The zero-order valence-electron chi connectivity index (χ0n) is 11.1. The van der Waals surface area contributed by atoms with Gasteiger partial charge in [0, 0.05) is 13.0 Å². The van der Waals surface area contributed by atoms with Crippen LogP contribution in [0.1, 0.15) is 24.8 Å². The van der Waals surface area contributed by atoms with Crippen LogP contribution in [0.2, 0.25) is 5.02 Å². The predicted octanol–water partition coefficient (Wildman–Crippen LogP) is 1.16. The number of anilines is 1. The van der Waals surface area contributed by atoms with Crippen molar-refractivity contribution in [2.45, 2.75) is 31.1 Å². The summed E-state index contributed by atoms with van der Waals surface area (Å²) >= 11 is 5.83. The van der Waals surface area contributed by atoms with E-state index in [0.717, 1.165) is 0 Å². The summed E-state index contributed by atoms with van der Waals surface area (Å²) in [6.07, 6.45) is 1.32. The van der Waals surface area contributed by atoms with Crippen LogP contribution >= 0.6 is 11.6 Å². The largest absolute Gasteiger partial charge is 0.397 e. The lowest BCUT2D eigenvalue weighted by molar-refractivity contribution is -0.118. The number of sulfonamides is 1. The fourth-order valence-corrected chi connectivity index (χ4v) is 3.22. The van der Waals surface area contributed by atoms with Crippen LogP contribution in [-0.2, 0) is 14.8 Å². The lowest BCUT2D eigenvalue weighted by Gasteiger charge is -2.11. The van der Waals surface area contributed by atoms with Gasteiger partial charge in [0.15, 0.2) is 0 Å². The first-order valence-electron chi connectivity index (χ1n) is 6.07. The molecule has 6 nitrogen and oxygen atoms in total. The van der Waals surface area contributed by atoms with Crippen LogP contribution in [0.4, 0.5) is 5.69 Å². The normalized spacial score (nSPS) is 11.5. The van der Waals surface area contributed by atoms with Gasteiger partial charge in [-0.25, -0.2) is 13.1 Å². The van der Waals surface area contributed by atoms with E-state index in [9.17, 15) is 13.2 Å². The first kappa shape index (κ1) is 16.7. The fraction of sp³-hybridized carbons (Fsp3) is 0.417. The standard InChI is InChI=1S/C12H18ClN3O3S/c1-8-6-9(13)10(14)7-11(8)20(18,19)16-5-3-2-4-12(15)17/h6-7,16H,2-5,14H2,1H3,(H2,15,17). The second-order valence-corrected chi connectivity index (χ2v) is 6.60. The number of aryl methyl sites for hydroxylation is 1. The Morgan fingerprint density at radius 1 is 1.35 bits per heavy atom. The quantitative estimate of drug-likeness (QED) is 0.516. The highest BCUT2D eigenvalue weighted by atomic mass is 35.5. The maximum Gasteiger partial charge on any atom is 0.240 e. The molecule has 0 fully saturated rings. The number of benzene rings is 1. The van der Waals surface area contributed by atoms with Crippen molar-refractivity contribution in [3.8, 4) is 0 Å².